The summed E-state index contributed by atoms with van der Waals surface area (Å²) in [7, 11) is 4.23. The predicted octanol–water partition coefficient (Wildman–Crippen LogP) is 4.72. The highest BCUT2D eigenvalue weighted by atomic mass is 32.1. The lowest BCUT2D eigenvalue weighted by atomic mass is 9.96. The number of hydrogen-bond acceptors (Lipinski definition) is 3. The molecule has 0 radical (unpaired) electrons. The van der Waals surface area contributed by atoms with Gasteiger partial charge < -0.3 is 19.7 Å². The van der Waals surface area contributed by atoms with Gasteiger partial charge in [0, 0.05) is 29.8 Å². The van der Waals surface area contributed by atoms with Crippen LogP contribution in [0.5, 0.6) is 0 Å². The van der Waals surface area contributed by atoms with Gasteiger partial charge in [-0.25, -0.2) is 0 Å². The van der Waals surface area contributed by atoms with E-state index in [1.807, 2.05) is 12.3 Å². The van der Waals surface area contributed by atoms with Crippen LogP contribution in [0.2, 0.25) is 0 Å². The molecule has 1 aromatic carbocycles. The van der Waals surface area contributed by atoms with Gasteiger partial charge in [0.1, 0.15) is 0 Å². The minimum Gasteiger partial charge on any atom is -0.352 e. The first-order chi connectivity index (χ1) is 15.4. The molecule has 1 aliphatic heterocycles. The van der Waals surface area contributed by atoms with Crippen LogP contribution >= 0.6 is 12.2 Å². The smallest absolute Gasteiger partial charge is 0.170 e. The van der Waals surface area contributed by atoms with Crippen molar-refractivity contribution in [1.29, 1.82) is 0 Å². The quantitative estimate of drug-likeness (QED) is 0.530. The Bertz CT molecular complexity index is 1070. The van der Waals surface area contributed by atoms with E-state index < -0.39 is 0 Å². The van der Waals surface area contributed by atoms with Gasteiger partial charge in [0.2, 0.25) is 0 Å². The van der Waals surface area contributed by atoms with E-state index in [1.165, 1.54) is 28.2 Å². The molecule has 0 unspecified atom stereocenters. The highest BCUT2D eigenvalue weighted by molar-refractivity contribution is 7.80. The van der Waals surface area contributed by atoms with Crippen molar-refractivity contribution in [3.8, 4) is 5.69 Å². The Hall–Kier alpha value is -2.70. The summed E-state index contributed by atoms with van der Waals surface area (Å²) in [5.74, 6) is 0. The lowest BCUT2D eigenvalue weighted by Gasteiger charge is -2.28. The highest BCUT2D eigenvalue weighted by Crippen LogP contribution is 2.41. The van der Waals surface area contributed by atoms with Crippen molar-refractivity contribution in [2.75, 3.05) is 27.2 Å². The molecule has 1 fully saturated rings. The van der Waals surface area contributed by atoms with Crippen molar-refractivity contribution in [2.24, 2.45) is 0 Å². The topological polar surface area (TPSA) is 36.3 Å². The van der Waals surface area contributed by atoms with E-state index >= 15 is 0 Å². The van der Waals surface area contributed by atoms with Crippen LogP contribution in [-0.4, -0.2) is 51.6 Å². The Morgan fingerprint density at radius 3 is 2.47 bits per heavy atom. The number of aryl methyl sites for hydroxylation is 2. The highest BCUT2D eigenvalue weighted by Gasteiger charge is 2.41. The van der Waals surface area contributed by atoms with E-state index in [1.54, 1.807) is 0 Å². The van der Waals surface area contributed by atoms with Crippen molar-refractivity contribution < 1.29 is 0 Å². The summed E-state index contributed by atoms with van der Waals surface area (Å²) in [5, 5.41) is 4.39. The zero-order chi connectivity index (χ0) is 22.8. The Morgan fingerprint density at radius 2 is 1.81 bits per heavy atom. The van der Waals surface area contributed by atoms with E-state index in [0.29, 0.717) is 0 Å². The molecular formula is C26H33N5S. The van der Waals surface area contributed by atoms with Gasteiger partial charge in [-0.05, 0) is 95.9 Å². The van der Waals surface area contributed by atoms with Crippen molar-refractivity contribution in [1.82, 2.24) is 24.7 Å². The van der Waals surface area contributed by atoms with Gasteiger partial charge in [-0.1, -0.05) is 23.8 Å². The van der Waals surface area contributed by atoms with E-state index in [9.17, 15) is 0 Å². The van der Waals surface area contributed by atoms with E-state index in [0.717, 1.165) is 30.3 Å². The first-order valence-corrected chi connectivity index (χ1v) is 11.7. The third-order valence-electron chi connectivity index (χ3n) is 6.28. The predicted molar refractivity (Wildman–Crippen MR) is 135 cm³/mol. The molecule has 0 bridgehead atoms. The Balaban J connectivity index is 1.76. The van der Waals surface area contributed by atoms with Crippen LogP contribution in [0.15, 0.2) is 54.7 Å². The summed E-state index contributed by atoms with van der Waals surface area (Å²) >= 11 is 5.83. The second-order valence-corrected chi connectivity index (χ2v) is 9.36. The third kappa shape index (κ3) is 4.43. The zero-order valence-corrected chi connectivity index (χ0v) is 20.5. The number of nitrogens with zero attached hydrogens (tertiary/aromatic N) is 4. The first kappa shape index (κ1) is 22.5. The Kier molecular flexibility index (Phi) is 6.63. The van der Waals surface area contributed by atoms with Crippen LogP contribution in [0.3, 0.4) is 0 Å². The number of hydrogen-bond donors (Lipinski definition) is 1. The maximum atomic E-state index is 5.83. The summed E-state index contributed by atoms with van der Waals surface area (Å²) in [6, 6.07) is 17.3. The summed E-state index contributed by atoms with van der Waals surface area (Å²) in [6.07, 6.45) is 2.92. The molecule has 4 rings (SSSR count). The molecule has 0 spiro atoms. The lowest BCUT2D eigenvalue weighted by molar-refractivity contribution is 0.292. The molecule has 5 nitrogen and oxygen atoms in total. The maximum Gasteiger partial charge on any atom is 0.170 e. The molecule has 0 saturated carbocycles. The van der Waals surface area contributed by atoms with Gasteiger partial charge >= 0.3 is 0 Å². The Labute approximate surface area is 197 Å². The number of thiocarbonyl (C=S) groups is 1. The standard InChI is InChI=1S/C26H33N5S/c1-18-10-12-21(13-11-18)31-19(2)17-22(20(31)3)25-24(23-9-6-7-14-27-23)28-26(32)30(25)16-8-15-29(4)5/h6-7,9-14,17,24-25H,8,15-16H2,1-5H3,(H,28,32)/t24-,25+/m0/s1. The van der Waals surface area contributed by atoms with Crippen molar-refractivity contribution in [2.45, 2.75) is 39.3 Å². The number of nitrogens with one attached hydrogen (secondary N) is 1. The number of aromatic nitrogens is 2. The molecule has 2 atom stereocenters. The van der Waals surface area contributed by atoms with Gasteiger partial charge in [-0.2, -0.15) is 0 Å². The van der Waals surface area contributed by atoms with Crippen LogP contribution in [0.4, 0.5) is 0 Å². The second kappa shape index (κ2) is 9.43. The summed E-state index contributed by atoms with van der Waals surface area (Å²) in [4.78, 5) is 9.26. The normalized spacial score (nSPS) is 18.4. The van der Waals surface area contributed by atoms with Crippen LogP contribution in [0.25, 0.3) is 5.69 Å². The average Bonchev–Trinajstić information content (AvgIpc) is 3.25. The molecule has 0 aliphatic carbocycles. The fraction of sp³-hybridized carbons (Fsp3) is 0.385. The number of pyridine rings is 1. The van der Waals surface area contributed by atoms with Gasteiger partial charge in [-0.15, -0.1) is 0 Å². The van der Waals surface area contributed by atoms with Crippen molar-refractivity contribution >= 4 is 17.3 Å². The van der Waals surface area contributed by atoms with E-state index in [4.69, 9.17) is 12.2 Å². The summed E-state index contributed by atoms with van der Waals surface area (Å²) in [6.45, 7) is 8.47. The molecule has 1 saturated heterocycles. The molecule has 32 heavy (non-hydrogen) atoms. The largest absolute Gasteiger partial charge is 0.352 e. The van der Waals surface area contributed by atoms with Gasteiger partial charge in [0.05, 0.1) is 17.8 Å². The fourth-order valence-corrected chi connectivity index (χ4v) is 5.05. The lowest BCUT2D eigenvalue weighted by Crippen LogP contribution is -2.32. The van der Waals surface area contributed by atoms with Gasteiger partial charge in [0.25, 0.3) is 0 Å². The van der Waals surface area contributed by atoms with Crippen LogP contribution < -0.4 is 5.32 Å². The molecule has 1 aliphatic rings. The van der Waals surface area contributed by atoms with E-state index in [2.05, 4.69) is 102 Å². The average molecular weight is 448 g/mol. The van der Waals surface area contributed by atoms with Gasteiger partial charge in [0.15, 0.2) is 5.11 Å². The molecule has 3 aromatic rings. The zero-order valence-electron chi connectivity index (χ0n) is 19.7. The fourth-order valence-electron chi connectivity index (χ4n) is 4.72. The molecule has 168 valence electrons. The third-order valence-corrected chi connectivity index (χ3v) is 6.64. The molecular weight excluding hydrogens is 414 g/mol. The van der Waals surface area contributed by atoms with Crippen molar-refractivity contribution in [3.05, 3.63) is 82.9 Å². The molecule has 6 heteroatoms. The maximum absolute atomic E-state index is 5.83. The van der Waals surface area contributed by atoms with Gasteiger partial charge in [-0.3, -0.25) is 4.98 Å². The molecule has 2 aromatic heterocycles. The second-order valence-electron chi connectivity index (χ2n) is 8.97. The number of benzene rings is 1. The first-order valence-electron chi connectivity index (χ1n) is 11.3. The molecule has 0 amide bonds. The number of rotatable bonds is 7. The molecule has 3 heterocycles. The summed E-state index contributed by atoms with van der Waals surface area (Å²) in [5.41, 5.74) is 7.27. The minimum absolute atomic E-state index is 0.0232. The molecule has 1 N–H and O–H groups in total. The van der Waals surface area contributed by atoms with Crippen LogP contribution in [-0.2, 0) is 0 Å². The Morgan fingerprint density at radius 1 is 1.06 bits per heavy atom. The van der Waals surface area contributed by atoms with E-state index in [-0.39, 0.29) is 12.1 Å². The van der Waals surface area contributed by atoms with Crippen LogP contribution in [0.1, 0.15) is 46.7 Å². The monoisotopic (exact) mass is 447 g/mol. The summed E-state index contributed by atoms with van der Waals surface area (Å²) < 4.78 is 2.35. The SMILES string of the molecule is Cc1ccc(-n2c(C)cc([C@@H]3[C@H](c4ccccn4)NC(=S)N3CCCN(C)C)c2C)cc1. The van der Waals surface area contributed by atoms with Crippen LogP contribution in [0, 0.1) is 20.8 Å². The minimum atomic E-state index is 0.0232. The van der Waals surface area contributed by atoms with Crippen molar-refractivity contribution in [3.63, 3.8) is 0 Å².